The normalized spacial score (nSPS) is 12.0. The lowest BCUT2D eigenvalue weighted by Gasteiger charge is -1.86. The standard InChI is InChI=1S/C6H10N2O/c1-7-3-6(5-9)4-8-2/h3-5,7H,1-2H3/b6-3+,8-4?. The Kier molecular flexibility index (Phi) is 4.40. The van der Waals surface area contributed by atoms with Gasteiger partial charge in [-0.1, -0.05) is 0 Å². The van der Waals surface area contributed by atoms with E-state index in [1.165, 1.54) is 6.21 Å². The van der Waals surface area contributed by atoms with E-state index in [1.54, 1.807) is 20.3 Å². The Morgan fingerprint density at radius 3 is 2.67 bits per heavy atom. The van der Waals surface area contributed by atoms with Crippen molar-refractivity contribution in [3.8, 4) is 0 Å². The number of carbonyl (C=O) groups excluding carboxylic acids is 1. The molecule has 0 aromatic heterocycles. The summed E-state index contributed by atoms with van der Waals surface area (Å²) >= 11 is 0. The maximum atomic E-state index is 10.1. The average Bonchev–Trinajstić information content (AvgIpc) is 1.88. The van der Waals surface area contributed by atoms with E-state index < -0.39 is 0 Å². The van der Waals surface area contributed by atoms with Crippen molar-refractivity contribution in [1.82, 2.24) is 5.32 Å². The molecule has 0 radical (unpaired) electrons. The van der Waals surface area contributed by atoms with Crippen LogP contribution in [0, 0.1) is 0 Å². The molecule has 0 amide bonds. The fourth-order valence-electron chi connectivity index (χ4n) is 0.417. The lowest BCUT2D eigenvalue weighted by atomic mass is 10.3. The average molecular weight is 126 g/mol. The number of hydrogen-bond donors (Lipinski definition) is 1. The summed E-state index contributed by atoms with van der Waals surface area (Å²) in [6, 6.07) is 0. The highest BCUT2D eigenvalue weighted by Crippen LogP contribution is 1.78. The van der Waals surface area contributed by atoms with Crippen LogP contribution in [0.1, 0.15) is 0 Å². The fourth-order valence-corrected chi connectivity index (χ4v) is 0.417. The zero-order valence-electron chi connectivity index (χ0n) is 5.59. The molecule has 0 aliphatic rings. The minimum Gasteiger partial charge on any atom is -0.393 e. The van der Waals surface area contributed by atoms with Crippen molar-refractivity contribution in [2.75, 3.05) is 14.1 Å². The van der Waals surface area contributed by atoms with Crippen LogP contribution in [-0.4, -0.2) is 26.6 Å². The summed E-state index contributed by atoms with van der Waals surface area (Å²) in [5, 5.41) is 2.72. The molecule has 0 aromatic carbocycles. The first kappa shape index (κ1) is 7.88. The molecule has 9 heavy (non-hydrogen) atoms. The molecule has 0 saturated heterocycles. The second kappa shape index (κ2) is 5.03. The first-order valence-electron chi connectivity index (χ1n) is 2.60. The monoisotopic (exact) mass is 126 g/mol. The van der Waals surface area contributed by atoms with E-state index in [9.17, 15) is 4.79 Å². The summed E-state index contributed by atoms with van der Waals surface area (Å²) < 4.78 is 0. The molecule has 1 N–H and O–H groups in total. The first-order valence-corrected chi connectivity index (χ1v) is 2.60. The molecule has 0 bridgehead atoms. The zero-order valence-corrected chi connectivity index (χ0v) is 5.59. The van der Waals surface area contributed by atoms with Gasteiger partial charge in [0.05, 0.1) is 0 Å². The van der Waals surface area contributed by atoms with E-state index in [4.69, 9.17) is 0 Å². The molecule has 0 aromatic rings. The summed E-state index contributed by atoms with van der Waals surface area (Å²) in [6.07, 6.45) is 3.81. The molecule has 0 heterocycles. The Labute approximate surface area is 54.5 Å². The highest BCUT2D eigenvalue weighted by Gasteiger charge is 1.83. The summed E-state index contributed by atoms with van der Waals surface area (Å²) in [4.78, 5) is 13.7. The topological polar surface area (TPSA) is 41.5 Å². The van der Waals surface area contributed by atoms with Gasteiger partial charge >= 0.3 is 0 Å². The van der Waals surface area contributed by atoms with Crippen LogP contribution >= 0.6 is 0 Å². The molecule has 0 aliphatic heterocycles. The van der Waals surface area contributed by atoms with Crippen LogP contribution < -0.4 is 5.32 Å². The van der Waals surface area contributed by atoms with Crippen LogP contribution in [0.2, 0.25) is 0 Å². The Bertz CT molecular complexity index is 138. The lowest BCUT2D eigenvalue weighted by molar-refractivity contribution is -0.104. The Balaban J connectivity index is 3.97. The summed E-state index contributed by atoms with van der Waals surface area (Å²) in [7, 11) is 3.35. The Morgan fingerprint density at radius 1 is 1.67 bits per heavy atom. The van der Waals surface area contributed by atoms with Crippen molar-refractivity contribution < 1.29 is 4.79 Å². The summed E-state index contributed by atoms with van der Waals surface area (Å²) in [5.74, 6) is 0. The predicted octanol–water partition coefficient (Wildman–Crippen LogP) is -0.0108. The van der Waals surface area contributed by atoms with E-state index >= 15 is 0 Å². The van der Waals surface area contributed by atoms with Crippen molar-refractivity contribution in [3.05, 3.63) is 11.8 Å². The number of aliphatic imine (C=N–C) groups is 1. The predicted molar refractivity (Wildman–Crippen MR) is 37.6 cm³/mol. The van der Waals surface area contributed by atoms with Gasteiger partial charge in [-0.3, -0.25) is 9.79 Å². The third kappa shape index (κ3) is 3.46. The van der Waals surface area contributed by atoms with Gasteiger partial charge in [-0.15, -0.1) is 0 Å². The van der Waals surface area contributed by atoms with Gasteiger partial charge in [-0.2, -0.15) is 0 Å². The van der Waals surface area contributed by atoms with E-state index in [-0.39, 0.29) is 0 Å². The van der Waals surface area contributed by atoms with Gasteiger partial charge in [0.2, 0.25) is 0 Å². The van der Waals surface area contributed by atoms with Crippen LogP contribution in [0.25, 0.3) is 0 Å². The van der Waals surface area contributed by atoms with E-state index in [0.717, 1.165) is 6.29 Å². The van der Waals surface area contributed by atoms with E-state index in [2.05, 4.69) is 10.3 Å². The zero-order chi connectivity index (χ0) is 7.11. The highest BCUT2D eigenvalue weighted by atomic mass is 16.1. The van der Waals surface area contributed by atoms with E-state index in [0.29, 0.717) is 5.57 Å². The smallest absolute Gasteiger partial charge is 0.153 e. The Hall–Kier alpha value is -1.12. The number of carbonyl (C=O) groups is 1. The van der Waals surface area contributed by atoms with Crippen molar-refractivity contribution >= 4 is 12.5 Å². The molecule has 0 spiro atoms. The molecule has 0 rings (SSSR count). The molecule has 0 atom stereocenters. The van der Waals surface area contributed by atoms with Gasteiger partial charge in [0.15, 0.2) is 6.29 Å². The minimum atomic E-state index is 0.542. The molecule has 3 nitrogen and oxygen atoms in total. The number of allylic oxidation sites excluding steroid dienone is 1. The summed E-state index contributed by atoms with van der Waals surface area (Å²) in [6.45, 7) is 0. The molecular weight excluding hydrogens is 116 g/mol. The van der Waals surface area contributed by atoms with Crippen LogP contribution in [0.3, 0.4) is 0 Å². The van der Waals surface area contributed by atoms with Gasteiger partial charge < -0.3 is 5.32 Å². The van der Waals surface area contributed by atoms with Crippen LogP contribution in [0.15, 0.2) is 16.8 Å². The molecule has 0 saturated carbocycles. The maximum absolute atomic E-state index is 10.1. The SMILES string of the molecule is CN=C/C(C=O)=C\NC. The Morgan fingerprint density at radius 2 is 2.33 bits per heavy atom. The molecule has 0 fully saturated rings. The van der Waals surface area contributed by atoms with Gasteiger partial charge in [0.25, 0.3) is 0 Å². The highest BCUT2D eigenvalue weighted by molar-refractivity contribution is 6.01. The minimum absolute atomic E-state index is 0.542. The number of nitrogens with one attached hydrogen (secondary N) is 1. The number of aldehydes is 1. The van der Waals surface area contributed by atoms with Crippen molar-refractivity contribution in [1.29, 1.82) is 0 Å². The fraction of sp³-hybridized carbons (Fsp3) is 0.333. The van der Waals surface area contributed by atoms with Gasteiger partial charge in [-0.05, 0) is 0 Å². The van der Waals surface area contributed by atoms with Crippen LogP contribution in [0.5, 0.6) is 0 Å². The van der Waals surface area contributed by atoms with Gasteiger partial charge in [0, 0.05) is 32.1 Å². The lowest BCUT2D eigenvalue weighted by Crippen LogP contribution is -1.98. The molecule has 3 heteroatoms. The number of hydrogen-bond acceptors (Lipinski definition) is 3. The van der Waals surface area contributed by atoms with Crippen molar-refractivity contribution in [2.45, 2.75) is 0 Å². The molecule has 0 unspecified atom stereocenters. The largest absolute Gasteiger partial charge is 0.393 e. The third-order valence-electron chi connectivity index (χ3n) is 0.725. The number of rotatable bonds is 3. The molecular formula is C6H10N2O. The quantitative estimate of drug-likeness (QED) is 0.328. The third-order valence-corrected chi connectivity index (χ3v) is 0.725. The molecule has 0 aliphatic carbocycles. The maximum Gasteiger partial charge on any atom is 0.153 e. The van der Waals surface area contributed by atoms with Gasteiger partial charge in [-0.25, -0.2) is 0 Å². The van der Waals surface area contributed by atoms with Gasteiger partial charge in [0.1, 0.15) is 0 Å². The van der Waals surface area contributed by atoms with Crippen LogP contribution in [-0.2, 0) is 4.79 Å². The second-order valence-electron chi connectivity index (χ2n) is 1.44. The van der Waals surface area contributed by atoms with Crippen LogP contribution in [0.4, 0.5) is 0 Å². The second-order valence-corrected chi connectivity index (χ2v) is 1.44. The molecule has 50 valence electrons. The van der Waals surface area contributed by atoms with Crippen molar-refractivity contribution in [3.63, 3.8) is 0 Å². The summed E-state index contributed by atoms with van der Waals surface area (Å²) in [5.41, 5.74) is 0.542. The first-order chi connectivity index (χ1) is 4.35. The van der Waals surface area contributed by atoms with E-state index in [1.807, 2.05) is 0 Å². The van der Waals surface area contributed by atoms with Crippen molar-refractivity contribution in [2.24, 2.45) is 4.99 Å². The number of nitrogens with zero attached hydrogens (tertiary/aromatic N) is 1.